The Morgan fingerprint density at radius 1 is 1.14 bits per heavy atom. The SMILES string of the molecule is NC(=O)[C@@H]1CC(F)(F)CN1C(=O)c1ccc(N2CC(F)(F)C2)c(OCC2CC2)n1. The van der Waals surface area contributed by atoms with Crippen LogP contribution >= 0.6 is 0 Å². The third-order valence-electron chi connectivity index (χ3n) is 5.26. The molecular formula is C18H20F4N4O3. The molecular weight excluding hydrogens is 396 g/mol. The van der Waals surface area contributed by atoms with Gasteiger partial charge < -0.3 is 20.3 Å². The summed E-state index contributed by atoms with van der Waals surface area (Å²) in [6, 6.07) is 1.22. The number of ether oxygens (including phenoxy) is 1. The van der Waals surface area contributed by atoms with Crippen LogP contribution in [0.4, 0.5) is 23.2 Å². The Labute approximate surface area is 163 Å². The van der Waals surface area contributed by atoms with Crippen molar-refractivity contribution < 1.29 is 31.9 Å². The van der Waals surface area contributed by atoms with Gasteiger partial charge in [0.15, 0.2) is 0 Å². The molecule has 1 aromatic rings. The first kappa shape index (κ1) is 19.7. The Morgan fingerprint density at radius 2 is 1.83 bits per heavy atom. The Morgan fingerprint density at radius 3 is 2.41 bits per heavy atom. The van der Waals surface area contributed by atoms with E-state index in [2.05, 4.69) is 4.98 Å². The topological polar surface area (TPSA) is 88.8 Å². The van der Waals surface area contributed by atoms with Crippen molar-refractivity contribution in [1.29, 1.82) is 0 Å². The van der Waals surface area contributed by atoms with E-state index in [1.807, 2.05) is 0 Å². The molecule has 3 fully saturated rings. The number of pyridine rings is 1. The van der Waals surface area contributed by atoms with Gasteiger partial charge in [-0.05, 0) is 30.9 Å². The predicted octanol–water partition coefficient (Wildman–Crippen LogP) is 1.66. The normalized spacial score (nSPS) is 24.9. The van der Waals surface area contributed by atoms with Gasteiger partial charge in [0.1, 0.15) is 17.4 Å². The van der Waals surface area contributed by atoms with E-state index in [0.29, 0.717) is 23.1 Å². The summed E-state index contributed by atoms with van der Waals surface area (Å²) >= 11 is 0. The molecule has 1 aromatic heterocycles. The molecule has 2 aliphatic heterocycles. The predicted molar refractivity (Wildman–Crippen MR) is 93.2 cm³/mol. The van der Waals surface area contributed by atoms with Crippen LogP contribution in [0.3, 0.4) is 0 Å². The van der Waals surface area contributed by atoms with E-state index in [1.165, 1.54) is 17.0 Å². The lowest BCUT2D eigenvalue weighted by Crippen LogP contribution is -2.56. The lowest BCUT2D eigenvalue weighted by atomic mass is 10.1. The van der Waals surface area contributed by atoms with E-state index in [-0.39, 0.29) is 11.6 Å². The van der Waals surface area contributed by atoms with Gasteiger partial charge in [0.2, 0.25) is 11.8 Å². The monoisotopic (exact) mass is 416 g/mol. The van der Waals surface area contributed by atoms with Gasteiger partial charge in [-0.25, -0.2) is 22.5 Å². The first-order valence-electron chi connectivity index (χ1n) is 9.29. The van der Waals surface area contributed by atoms with Crippen molar-refractivity contribution >= 4 is 17.5 Å². The zero-order valence-corrected chi connectivity index (χ0v) is 15.4. The van der Waals surface area contributed by atoms with Crippen LogP contribution in [0.15, 0.2) is 12.1 Å². The highest BCUT2D eigenvalue weighted by atomic mass is 19.3. The van der Waals surface area contributed by atoms with Crippen molar-refractivity contribution in [2.24, 2.45) is 11.7 Å². The number of likely N-dealkylation sites (tertiary alicyclic amines) is 1. The number of halogens is 4. The first-order valence-corrected chi connectivity index (χ1v) is 9.29. The second kappa shape index (κ2) is 6.74. The molecule has 2 saturated heterocycles. The third kappa shape index (κ3) is 4.08. The highest BCUT2D eigenvalue weighted by molar-refractivity contribution is 5.97. The number of primary amides is 1. The molecule has 0 bridgehead atoms. The van der Waals surface area contributed by atoms with Crippen LogP contribution < -0.4 is 15.4 Å². The second-order valence-electron chi connectivity index (χ2n) is 7.90. The molecule has 0 aromatic carbocycles. The van der Waals surface area contributed by atoms with Crippen LogP contribution in [-0.4, -0.2) is 65.8 Å². The Kier molecular flexibility index (Phi) is 4.58. The molecule has 3 heterocycles. The van der Waals surface area contributed by atoms with Crippen molar-refractivity contribution in [3.05, 3.63) is 17.8 Å². The number of nitrogens with two attached hydrogens (primary N) is 1. The first-order chi connectivity index (χ1) is 13.5. The van der Waals surface area contributed by atoms with Gasteiger partial charge in [-0.1, -0.05) is 0 Å². The molecule has 1 aliphatic carbocycles. The van der Waals surface area contributed by atoms with Crippen molar-refractivity contribution in [1.82, 2.24) is 9.88 Å². The summed E-state index contributed by atoms with van der Waals surface area (Å²) in [4.78, 5) is 30.5. The molecule has 3 aliphatic rings. The van der Waals surface area contributed by atoms with E-state index in [9.17, 15) is 27.2 Å². The molecule has 2 amide bonds. The van der Waals surface area contributed by atoms with E-state index < -0.39 is 55.8 Å². The summed E-state index contributed by atoms with van der Waals surface area (Å²) in [6.07, 6.45) is 1.12. The summed E-state index contributed by atoms with van der Waals surface area (Å²) in [7, 11) is 0. The average molecular weight is 416 g/mol. The van der Waals surface area contributed by atoms with Gasteiger partial charge in [0.05, 0.1) is 26.2 Å². The number of hydrogen-bond donors (Lipinski definition) is 1. The quantitative estimate of drug-likeness (QED) is 0.713. The number of carbonyl (C=O) groups is 2. The van der Waals surface area contributed by atoms with Crippen LogP contribution in [0.25, 0.3) is 0 Å². The number of aromatic nitrogens is 1. The molecule has 1 saturated carbocycles. The smallest absolute Gasteiger partial charge is 0.282 e. The number of carbonyl (C=O) groups excluding carboxylic acids is 2. The van der Waals surface area contributed by atoms with Crippen molar-refractivity contribution in [2.45, 2.75) is 37.1 Å². The maximum Gasteiger partial charge on any atom is 0.282 e. The molecule has 7 nitrogen and oxygen atoms in total. The van der Waals surface area contributed by atoms with E-state index in [0.717, 1.165) is 12.8 Å². The molecule has 0 unspecified atom stereocenters. The summed E-state index contributed by atoms with van der Waals surface area (Å²) in [5.41, 5.74) is 5.27. The summed E-state index contributed by atoms with van der Waals surface area (Å²) < 4.78 is 59.7. The van der Waals surface area contributed by atoms with Gasteiger partial charge in [-0.2, -0.15) is 0 Å². The minimum atomic E-state index is -3.23. The largest absolute Gasteiger partial charge is 0.476 e. The number of alkyl halides is 4. The molecule has 11 heteroatoms. The molecule has 1 atom stereocenters. The Balaban J connectivity index is 1.58. The maximum absolute atomic E-state index is 13.7. The van der Waals surface area contributed by atoms with Crippen LogP contribution in [0.5, 0.6) is 5.88 Å². The number of nitrogens with zero attached hydrogens (tertiary/aromatic N) is 3. The Bertz CT molecular complexity index is 838. The second-order valence-corrected chi connectivity index (χ2v) is 7.90. The standard InChI is InChI=1S/C18H20F4N4O3/c19-17(20)5-13(14(23)27)26(9-17)16(28)11-3-4-12(25-7-18(21,22)8-25)15(24-11)29-6-10-1-2-10/h3-4,10,13H,1-2,5-9H2,(H2,23,27)/t13-/m0/s1. The summed E-state index contributed by atoms with van der Waals surface area (Å²) in [5.74, 6) is -7.61. The minimum Gasteiger partial charge on any atom is -0.476 e. The van der Waals surface area contributed by atoms with Crippen molar-refractivity contribution in [2.75, 3.05) is 31.1 Å². The molecule has 2 N–H and O–H groups in total. The molecule has 29 heavy (non-hydrogen) atoms. The Hall–Kier alpha value is -2.59. The fourth-order valence-electron chi connectivity index (χ4n) is 3.49. The summed E-state index contributed by atoms with van der Waals surface area (Å²) in [5, 5.41) is 0. The van der Waals surface area contributed by atoms with Crippen molar-refractivity contribution in [3.8, 4) is 5.88 Å². The lowest BCUT2D eigenvalue weighted by Gasteiger charge is -2.40. The maximum atomic E-state index is 13.7. The van der Waals surface area contributed by atoms with Gasteiger partial charge in [0.25, 0.3) is 17.8 Å². The van der Waals surface area contributed by atoms with Crippen LogP contribution in [0.2, 0.25) is 0 Å². The van der Waals surface area contributed by atoms with Crippen LogP contribution in [0.1, 0.15) is 29.8 Å². The molecule has 0 radical (unpaired) electrons. The molecule has 158 valence electrons. The van der Waals surface area contributed by atoms with E-state index >= 15 is 0 Å². The van der Waals surface area contributed by atoms with Crippen molar-refractivity contribution in [3.63, 3.8) is 0 Å². The third-order valence-corrected chi connectivity index (χ3v) is 5.26. The number of rotatable bonds is 6. The number of anilines is 1. The van der Waals surface area contributed by atoms with E-state index in [4.69, 9.17) is 10.5 Å². The van der Waals surface area contributed by atoms with Crippen LogP contribution in [-0.2, 0) is 4.79 Å². The zero-order valence-electron chi connectivity index (χ0n) is 15.4. The fourth-order valence-corrected chi connectivity index (χ4v) is 3.49. The van der Waals surface area contributed by atoms with Gasteiger partial charge in [0, 0.05) is 6.42 Å². The highest BCUT2D eigenvalue weighted by Crippen LogP contribution is 2.39. The van der Waals surface area contributed by atoms with E-state index in [1.54, 1.807) is 0 Å². The van der Waals surface area contributed by atoms with Gasteiger partial charge in [-0.15, -0.1) is 0 Å². The number of amides is 2. The average Bonchev–Trinajstić information content (AvgIpc) is 3.38. The van der Waals surface area contributed by atoms with Gasteiger partial charge in [-0.3, -0.25) is 9.59 Å². The molecule has 0 spiro atoms. The minimum absolute atomic E-state index is 0.000155. The molecule has 4 rings (SSSR count). The van der Waals surface area contributed by atoms with Crippen LogP contribution in [0, 0.1) is 5.92 Å². The zero-order chi connectivity index (χ0) is 21.0. The summed E-state index contributed by atoms with van der Waals surface area (Å²) in [6.45, 7) is -1.61. The number of hydrogen-bond acceptors (Lipinski definition) is 5. The fraction of sp³-hybridized carbons (Fsp3) is 0.611. The highest BCUT2D eigenvalue weighted by Gasteiger charge is 2.50. The van der Waals surface area contributed by atoms with Gasteiger partial charge >= 0.3 is 0 Å². The lowest BCUT2D eigenvalue weighted by molar-refractivity contribution is -0.121.